The van der Waals surface area contributed by atoms with Crippen molar-refractivity contribution in [2.75, 3.05) is 10.8 Å². The van der Waals surface area contributed by atoms with Crippen molar-refractivity contribution in [3.8, 4) is 0 Å². The number of benzene rings is 2. The van der Waals surface area contributed by atoms with Gasteiger partial charge in [-0.25, -0.2) is 8.42 Å². The van der Waals surface area contributed by atoms with Gasteiger partial charge in [0.25, 0.3) is 10.0 Å². The SMILES string of the molecule is CCc1ccc(N(CCC(=O)O)S(=O)(=O)c2ccccc2)cc1. The summed E-state index contributed by atoms with van der Waals surface area (Å²) in [6.07, 6.45) is 0.586. The number of sulfonamides is 1. The van der Waals surface area contributed by atoms with Crippen LogP contribution in [0.1, 0.15) is 18.9 Å². The Labute approximate surface area is 136 Å². The van der Waals surface area contributed by atoms with E-state index in [1.165, 1.54) is 12.1 Å². The van der Waals surface area contributed by atoms with E-state index in [9.17, 15) is 13.2 Å². The number of aryl methyl sites for hydroxylation is 1. The van der Waals surface area contributed by atoms with Crippen LogP contribution in [0.2, 0.25) is 0 Å². The molecule has 0 radical (unpaired) electrons. The van der Waals surface area contributed by atoms with Crippen LogP contribution in [0.15, 0.2) is 59.5 Å². The van der Waals surface area contributed by atoms with Crippen molar-refractivity contribution in [3.63, 3.8) is 0 Å². The van der Waals surface area contributed by atoms with Crippen LogP contribution >= 0.6 is 0 Å². The van der Waals surface area contributed by atoms with Crippen LogP contribution in [0.25, 0.3) is 0 Å². The molecule has 0 amide bonds. The first kappa shape index (κ1) is 17.0. The second kappa shape index (κ2) is 7.28. The number of anilines is 1. The van der Waals surface area contributed by atoms with Gasteiger partial charge in [-0.2, -0.15) is 0 Å². The van der Waals surface area contributed by atoms with E-state index >= 15 is 0 Å². The molecule has 0 aliphatic rings. The van der Waals surface area contributed by atoms with Gasteiger partial charge in [-0.1, -0.05) is 37.3 Å². The van der Waals surface area contributed by atoms with Crippen LogP contribution < -0.4 is 4.31 Å². The first-order chi connectivity index (χ1) is 10.9. The molecule has 0 atom stereocenters. The Morgan fingerprint density at radius 1 is 1.04 bits per heavy atom. The van der Waals surface area contributed by atoms with Crippen molar-refractivity contribution in [3.05, 3.63) is 60.2 Å². The van der Waals surface area contributed by atoms with Crippen molar-refractivity contribution in [2.45, 2.75) is 24.7 Å². The van der Waals surface area contributed by atoms with Gasteiger partial charge >= 0.3 is 5.97 Å². The number of carbonyl (C=O) groups is 1. The van der Waals surface area contributed by atoms with Gasteiger partial charge in [0.15, 0.2) is 0 Å². The maximum Gasteiger partial charge on any atom is 0.305 e. The molecule has 0 heterocycles. The second-order valence-corrected chi connectivity index (χ2v) is 6.92. The summed E-state index contributed by atoms with van der Waals surface area (Å²) < 4.78 is 26.8. The van der Waals surface area contributed by atoms with E-state index in [0.29, 0.717) is 5.69 Å². The molecule has 1 N–H and O–H groups in total. The van der Waals surface area contributed by atoms with Gasteiger partial charge in [0.1, 0.15) is 0 Å². The standard InChI is InChI=1S/C17H19NO4S/c1-2-14-8-10-15(11-9-14)18(13-12-17(19)20)23(21,22)16-6-4-3-5-7-16/h3-11H,2,12-13H2,1H3,(H,19,20). The molecule has 2 aromatic carbocycles. The lowest BCUT2D eigenvalue weighted by molar-refractivity contribution is -0.136. The van der Waals surface area contributed by atoms with Gasteiger partial charge in [0.05, 0.1) is 17.0 Å². The normalized spacial score (nSPS) is 11.2. The molecule has 0 saturated heterocycles. The molecule has 5 nitrogen and oxygen atoms in total. The summed E-state index contributed by atoms with van der Waals surface area (Å²) in [4.78, 5) is 11.0. The predicted octanol–water partition coefficient (Wildman–Crippen LogP) is 2.92. The summed E-state index contributed by atoms with van der Waals surface area (Å²) in [6, 6.07) is 15.1. The van der Waals surface area contributed by atoms with Crippen LogP contribution in [0.3, 0.4) is 0 Å². The highest BCUT2D eigenvalue weighted by Gasteiger charge is 2.25. The Morgan fingerprint density at radius 3 is 2.17 bits per heavy atom. The van der Waals surface area contributed by atoms with Crippen molar-refractivity contribution in [1.82, 2.24) is 0 Å². The van der Waals surface area contributed by atoms with Crippen LogP contribution in [0.4, 0.5) is 5.69 Å². The maximum atomic E-state index is 12.8. The molecule has 0 aromatic heterocycles. The maximum absolute atomic E-state index is 12.8. The third kappa shape index (κ3) is 4.10. The quantitative estimate of drug-likeness (QED) is 0.845. The highest BCUT2D eigenvalue weighted by atomic mass is 32.2. The number of nitrogens with zero attached hydrogens (tertiary/aromatic N) is 1. The van der Waals surface area contributed by atoms with Crippen molar-refractivity contribution < 1.29 is 18.3 Å². The zero-order valence-electron chi connectivity index (χ0n) is 12.8. The number of carboxylic acid groups (broad SMARTS) is 1. The zero-order valence-corrected chi connectivity index (χ0v) is 13.7. The minimum Gasteiger partial charge on any atom is -0.481 e. The highest BCUT2D eigenvalue weighted by molar-refractivity contribution is 7.92. The Kier molecular flexibility index (Phi) is 5.39. The Bertz CT molecular complexity index is 755. The fraction of sp³-hybridized carbons (Fsp3) is 0.235. The largest absolute Gasteiger partial charge is 0.481 e. The Morgan fingerprint density at radius 2 is 1.65 bits per heavy atom. The summed E-state index contributed by atoms with van der Waals surface area (Å²) in [5.74, 6) is -1.04. The molecule has 122 valence electrons. The molecular weight excluding hydrogens is 314 g/mol. The summed E-state index contributed by atoms with van der Waals surface area (Å²) in [6.45, 7) is 1.90. The smallest absolute Gasteiger partial charge is 0.305 e. The molecule has 0 unspecified atom stereocenters. The van der Waals surface area contributed by atoms with Gasteiger partial charge in [0.2, 0.25) is 0 Å². The molecule has 6 heteroatoms. The summed E-state index contributed by atoms with van der Waals surface area (Å²) >= 11 is 0. The number of carboxylic acids is 1. The Hall–Kier alpha value is -2.34. The van der Waals surface area contributed by atoms with Crippen LogP contribution in [-0.4, -0.2) is 26.0 Å². The highest BCUT2D eigenvalue weighted by Crippen LogP contribution is 2.24. The fourth-order valence-electron chi connectivity index (χ4n) is 2.20. The number of hydrogen-bond donors (Lipinski definition) is 1. The average Bonchev–Trinajstić information content (AvgIpc) is 2.56. The average molecular weight is 333 g/mol. The molecule has 2 rings (SSSR count). The first-order valence-electron chi connectivity index (χ1n) is 7.33. The van der Waals surface area contributed by atoms with Crippen molar-refractivity contribution >= 4 is 21.7 Å². The molecule has 0 aliphatic heterocycles. The lowest BCUT2D eigenvalue weighted by Crippen LogP contribution is -2.33. The van der Waals surface area contributed by atoms with E-state index < -0.39 is 16.0 Å². The van der Waals surface area contributed by atoms with Crippen molar-refractivity contribution in [2.24, 2.45) is 0 Å². The molecular formula is C17H19NO4S. The van der Waals surface area contributed by atoms with E-state index in [-0.39, 0.29) is 17.9 Å². The predicted molar refractivity (Wildman–Crippen MR) is 89.0 cm³/mol. The van der Waals surface area contributed by atoms with Crippen LogP contribution in [0, 0.1) is 0 Å². The Balaban J connectivity index is 2.42. The number of hydrogen-bond acceptors (Lipinski definition) is 3. The topological polar surface area (TPSA) is 74.7 Å². The zero-order chi connectivity index (χ0) is 16.9. The van der Waals surface area contributed by atoms with Crippen LogP contribution in [0.5, 0.6) is 0 Å². The molecule has 23 heavy (non-hydrogen) atoms. The van der Waals surface area contributed by atoms with Gasteiger partial charge in [-0.3, -0.25) is 9.10 Å². The monoisotopic (exact) mass is 333 g/mol. The summed E-state index contributed by atoms with van der Waals surface area (Å²) in [5.41, 5.74) is 1.55. The molecule has 0 aliphatic carbocycles. The third-order valence-corrected chi connectivity index (χ3v) is 5.33. The fourth-order valence-corrected chi connectivity index (χ4v) is 3.69. The van der Waals surface area contributed by atoms with Gasteiger partial charge in [-0.15, -0.1) is 0 Å². The third-order valence-electron chi connectivity index (χ3n) is 3.49. The lowest BCUT2D eigenvalue weighted by Gasteiger charge is -2.24. The van der Waals surface area contributed by atoms with Gasteiger partial charge in [0, 0.05) is 6.54 Å². The van der Waals surface area contributed by atoms with Gasteiger partial charge < -0.3 is 5.11 Å². The van der Waals surface area contributed by atoms with E-state index in [4.69, 9.17) is 5.11 Å². The first-order valence-corrected chi connectivity index (χ1v) is 8.77. The lowest BCUT2D eigenvalue weighted by atomic mass is 10.1. The van der Waals surface area contributed by atoms with E-state index in [1.807, 2.05) is 19.1 Å². The van der Waals surface area contributed by atoms with E-state index in [2.05, 4.69) is 0 Å². The van der Waals surface area contributed by atoms with Crippen molar-refractivity contribution in [1.29, 1.82) is 0 Å². The van der Waals surface area contributed by atoms with Gasteiger partial charge in [-0.05, 0) is 36.2 Å². The van der Waals surface area contributed by atoms with E-state index in [0.717, 1.165) is 16.3 Å². The molecule has 0 saturated carbocycles. The minimum absolute atomic E-state index is 0.113. The number of aliphatic carboxylic acids is 1. The van der Waals surface area contributed by atoms with Crippen LogP contribution in [-0.2, 0) is 21.2 Å². The summed E-state index contributed by atoms with van der Waals surface area (Å²) in [5, 5.41) is 8.91. The minimum atomic E-state index is -3.80. The van der Waals surface area contributed by atoms with E-state index in [1.54, 1.807) is 30.3 Å². The molecule has 0 bridgehead atoms. The molecule has 2 aromatic rings. The summed E-state index contributed by atoms with van der Waals surface area (Å²) in [7, 11) is -3.80. The molecule has 0 spiro atoms. The molecule has 0 fully saturated rings. The number of rotatable bonds is 7. The second-order valence-electron chi connectivity index (χ2n) is 5.05.